The molecule has 2 aromatic carbocycles. The highest BCUT2D eigenvalue weighted by atomic mass is 19.4. The fourth-order valence-corrected chi connectivity index (χ4v) is 4.07. The van der Waals surface area contributed by atoms with Crippen molar-refractivity contribution in [2.45, 2.75) is 6.18 Å². The highest BCUT2D eigenvalue weighted by Crippen LogP contribution is 2.35. The maximum atomic E-state index is 13.4. The molecule has 2 N–H and O–H groups in total. The Balaban J connectivity index is 0.000000646. The molecule has 43 heavy (non-hydrogen) atoms. The number of ether oxygens (including phenoxy) is 3. The van der Waals surface area contributed by atoms with E-state index in [1.165, 1.54) is 26.4 Å². The number of carboxylic acids is 2. The first-order valence-corrected chi connectivity index (χ1v) is 12.6. The van der Waals surface area contributed by atoms with Crippen LogP contribution in [-0.4, -0.2) is 109 Å². The molecule has 3 aromatic rings. The molecule has 2 heterocycles. The first-order chi connectivity index (χ1) is 20.3. The summed E-state index contributed by atoms with van der Waals surface area (Å²) in [7, 11) is 4.90. The number of carboxylic acid groups (broad SMARTS) is 2. The average Bonchev–Trinajstić information content (AvgIpc) is 2.98. The lowest BCUT2D eigenvalue weighted by Gasteiger charge is -2.32. The van der Waals surface area contributed by atoms with E-state index in [0.717, 1.165) is 19.3 Å². The van der Waals surface area contributed by atoms with Gasteiger partial charge < -0.3 is 34.2 Å². The first kappa shape index (κ1) is 32.6. The third kappa shape index (κ3) is 8.09. The molecule has 230 valence electrons. The number of carbonyl (C=O) groups is 4. The Hall–Kier alpha value is -4.92. The number of benzene rings is 2. The number of methoxy groups -OCH3 is 2. The van der Waals surface area contributed by atoms with Gasteiger partial charge >= 0.3 is 18.1 Å². The molecule has 1 aromatic heterocycles. The van der Waals surface area contributed by atoms with Crippen LogP contribution in [0.15, 0.2) is 42.6 Å². The van der Waals surface area contributed by atoms with Gasteiger partial charge in [0, 0.05) is 48.7 Å². The molecule has 0 aliphatic carbocycles. The van der Waals surface area contributed by atoms with Crippen LogP contribution in [0.2, 0.25) is 0 Å². The van der Waals surface area contributed by atoms with Crippen LogP contribution in [0, 0.1) is 0 Å². The Bertz CT molecular complexity index is 1520. The first-order valence-electron chi connectivity index (χ1n) is 12.6. The maximum absolute atomic E-state index is 13.4. The van der Waals surface area contributed by atoms with Crippen molar-refractivity contribution in [2.24, 2.45) is 0 Å². The van der Waals surface area contributed by atoms with Crippen LogP contribution in [0.5, 0.6) is 17.2 Å². The number of pyridine rings is 1. The lowest BCUT2D eigenvalue weighted by atomic mass is 9.99. The van der Waals surface area contributed by atoms with Crippen LogP contribution in [0.3, 0.4) is 0 Å². The van der Waals surface area contributed by atoms with Gasteiger partial charge in [-0.1, -0.05) is 12.1 Å². The number of amides is 1. The number of ketones is 1. The highest BCUT2D eigenvalue weighted by Gasteiger charge is 2.38. The second-order valence-corrected chi connectivity index (χ2v) is 9.21. The van der Waals surface area contributed by atoms with Gasteiger partial charge in [-0.15, -0.1) is 0 Å². The molecule has 12 nitrogen and oxygen atoms in total. The molecule has 0 unspecified atom stereocenters. The van der Waals surface area contributed by atoms with E-state index in [-0.39, 0.29) is 29.3 Å². The molecule has 4 rings (SSSR count). The van der Waals surface area contributed by atoms with Crippen LogP contribution >= 0.6 is 0 Å². The summed E-state index contributed by atoms with van der Waals surface area (Å²) < 4.78 is 48.1. The standard InChI is InChI=1S/C26H27N3O7.C2HF3O2/c1-28-7-9-29(10-8-28)23(30)15-36-17-6-4-5-16(11-17)25(31)24-19-13-22(35-3)21(34-2)12-18(19)20(14-27-24)26(32)33;3-2(4,5)1(6)7/h4-6,11-14H,7-10,15H2,1-3H3,(H,32,33);(H,6,7). The predicted octanol–water partition coefficient (Wildman–Crippen LogP) is 2.97. The molecular formula is C28H28F3N3O9. The van der Waals surface area contributed by atoms with Gasteiger partial charge in [-0.2, -0.15) is 13.2 Å². The SMILES string of the molecule is COc1cc2c(C(=O)O)cnc(C(=O)c3cccc(OCC(=O)N4CCN(C)CC4)c3)c2cc1OC.O=C(O)C(F)(F)F. The van der Waals surface area contributed by atoms with Crippen molar-refractivity contribution in [3.05, 3.63) is 59.4 Å². The van der Waals surface area contributed by atoms with E-state index in [1.807, 2.05) is 7.05 Å². The summed E-state index contributed by atoms with van der Waals surface area (Å²) in [4.78, 5) is 54.7. The summed E-state index contributed by atoms with van der Waals surface area (Å²) in [6.07, 6.45) is -3.93. The van der Waals surface area contributed by atoms with Crippen LogP contribution in [0.25, 0.3) is 10.8 Å². The minimum Gasteiger partial charge on any atom is -0.493 e. The van der Waals surface area contributed by atoms with Crippen molar-refractivity contribution in [1.29, 1.82) is 0 Å². The maximum Gasteiger partial charge on any atom is 0.490 e. The number of rotatable bonds is 8. The number of halogens is 3. The van der Waals surface area contributed by atoms with Crippen LogP contribution in [0.4, 0.5) is 13.2 Å². The third-order valence-electron chi connectivity index (χ3n) is 6.39. The van der Waals surface area contributed by atoms with E-state index in [1.54, 1.807) is 29.2 Å². The van der Waals surface area contributed by atoms with Crippen molar-refractivity contribution in [3.63, 3.8) is 0 Å². The van der Waals surface area contributed by atoms with Gasteiger partial charge in [-0.05, 0) is 31.3 Å². The number of alkyl halides is 3. The molecule has 15 heteroatoms. The topological polar surface area (TPSA) is 156 Å². The molecule has 1 fully saturated rings. The van der Waals surface area contributed by atoms with Crippen LogP contribution < -0.4 is 14.2 Å². The number of aliphatic carboxylic acids is 1. The number of hydrogen-bond acceptors (Lipinski definition) is 9. The van der Waals surface area contributed by atoms with Crippen LogP contribution in [-0.2, 0) is 9.59 Å². The highest BCUT2D eigenvalue weighted by molar-refractivity contribution is 6.18. The number of piperazine rings is 1. The Kier molecular flexibility index (Phi) is 10.5. The predicted molar refractivity (Wildman–Crippen MR) is 145 cm³/mol. The Morgan fingerprint density at radius 1 is 0.930 bits per heavy atom. The van der Waals surface area contributed by atoms with Gasteiger partial charge in [0.15, 0.2) is 18.1 Å². The molecule has 0 bridgehead atoms. The van der Waals surface area contributed by atoms with E-state index in [4.69, 9.17) is 24.1 Å². The average molecular weight is 608 g/mol. The number of hydrogen-bond donors (Lipinski definition) is 2. The second kappa shape index (κ2) is 13.8. The molecule has 1 aliphatic heterocycles. The zero-order valence-corrected chi connectivity index (χ0v) is 23.3. The van der Waals surface area contributed by atoms with Crippen molar-refractivity contribution in [3.8, 4) is 17.2 Å². The van der Waals surface area contributed by atoms with E-state index < -0.39 is 23.9 Å². The van der Waals surface area contributed by atoms with E-state index >= 15 is 0 Å². The normalized spacial score (nSPS) is 13.5. The van der Waals surface area contributed by atoms with Crippen molar-refractivity contribution in [1.82, 2.24) is 14.8 Å². The van der Waals surface area contributed by atoms with Gasteiger partial charge in [-0.3, -0.25) is 14.6 Å². The summed E-state index contributed by atoms with van der Waals surface area (Å²) in [5.41, 5.74) is 0.273. The fraction of sp³-hybridized carbons (Fsp3) is 0.321. The quantitative estimate of drug-likeness (QED) is 0.363. The van der Waals surface area contributed by atoms with E-state index in [9.17, 15) is 32.7 Å². The summed E-state index contributed by atoms with van der Waals surface area (Å²) in [6, 6.07) is 9.52. The minimum absolute atomic E-state index is 0.0571. The van der Waals surface area contributed by atoms with Crippen molar-refractivity contribution in [2.75, 3.05) is 54.1 Å². The molecule has 1 saturated heterocycles. The van der Waals surface area contributed by atoms with Crippen molar-refractivity contribution < 1.29 is 56.8 Å². The molecular weight excluding hydrogens is 579 g/mol. The van der Waals surface area contributed by atoms with Crippen molar-refractivity contribution >= 4 is 34.4 Å². The smallest absolute Gasteiger partial charge is 0.490 e. The largest absolute Gasteiger partial charge is 0.493 e. The number of likely N-dealkylation sites (N-methyl/N-ethyl adjacent to an activating group) is 1. The zero-order valence-electron chi connectivity index (χ0n) is 23.3. The summed E-state index contributed by atoms with van der Waals surface area (Å²) >= 11 is 0. The Morgan fingerprint density at radius 2 is 1.51 bits per heavy atom. The molecule has 1 aliphatic rings. The summed E-state index contributed by atoms with van der Waals surface area (Å²) in [6.45, 7) is 2.79. The zero-order chi connectivity index (χ0) is 31.9. The summed E-state index contributed by atoms with van der Waals surface area (Å²) in [5.74, 6) is -3.45. The number of aromatic nitrogens is 1. The van der Waals surface area contributed by atoms with Gasteiger partial charge in [0.1, 0.15) is 11.4 Å². The molecule has 0 atom stereocenters. The number of carbonyl (C=O) groups excluding carboxylic acids is 2. The third-order valence-corrected chi connectivity index (χ3v) is 6.39. The number of fused-ring (bicyclic) bond motifs is 1. The minimum atomic E-state index is -5.08. The molecule has 0 spiro atoms. The Morgan fingerprint density at radius 3 is 2.05 bits per heavy atom. The Labute approximate surface area is 243 Å². The molecule has 1 amide bonds. The van der Waals surface area contributed by atoms with Gasteiger partial charge in [0.05, 0.1) is 19.8 Å². The van der Waals surface area contributed by atoms with Gasteiger partial charge in [-0.25, -0.2) is 9.59 Å². The molecule has 0 radical (unpaired) electrons. The fourth-order valence-electron chi connectivity index (χ4n) is 4.07. The number of aromatic carboxylic acids is 1. The monoisotopic (exact) mass is 607 g/mol. The second-order valence-electron chi connectivity index (χ2n) is 9.21. The van der Waals surface area contributed by atoms with Crippen LogP contribution in [0.1, 0.15) is 26.4 Å². The van der Waals surface area contributed by atoms with E-state index in [2.05, 4.69) is 9.88 Å². The number of nitrogens with zero attached hydrogens (tertiary/aromatic N) is 3. The lowest BCUT2D eigenvalue weighted by Crippen LogP contribution is -2.48. The lowest BCUT2D eigenvalue weighted by molar-refractivity contribution is -0.192. The summed E-state index contributed by atoms with van der Waals surface area (Å²) in [5, 5.41) is 17.4. The molecule has 0 saturated carbocycles. The van der Waals surface area contributed by atoms with Gasteiger partial charge in [0.2, 0.25) is 5.78 Å². The van der Waals surface area contributed by atoms with E-state index in [0.29, 0.717) is 41.1 Å². The van der Waals surface area contributed by atoms with Gasteiger partial charge in [0.25, 0.3) is 5.91 Å².